The second kappa shape index (κ2) is 7.41. The molecule has 0 fully saturated rings. The van der Waals surface area contributed by atoms with Crippen molar-refractivity contribution in [1.29, 1.82) is 0 Å². The summed E-state index contributed by atoms with van der Waals surface area (Å²) in [5.41, 5.74) is 2.82. The van der Waals surface area contributed by atoms with Gasteiger partial charge in [0.15, 0.2) is 0 Å². The Hall–Kier alpha value is -3.15. The second-order valence-corrected chi connectivity index (χ2v) is 5.51. The lowest BCUT2D eigenvalue weighted by atomic mass is 10.1. The SMILES string of the molecule is C[C@H](NC(=O)Nc1ccc(Cn2cccn2)cc1)c1cccnc1. The monoisotopic (exact) mass is 321 g/mol. The standard InChI is InChI=1S/C18H19N5O/c1-14(16-4-2-9-19-12-16)21-18(24)22-17-7-5-15(6-8-17)13-23-11-3-10-20-23/h2-12,14H,13H2,1H3,(H2,21,22,24)/t14-/m0/s1. The van der Waals surface area contributed by atoms with Gasteiger partial charge in [-0.2, -0.15) is 5.10 Å². The predicted molar refractivity (Wildman–Crippen MR) is 92.6 cm³/mol. The summed E-state index contributed by atoms with van der Waals surface area (Å²) in [7, 11) is 0. The fraction of sp³-hybridized carbons (Fsp3) is 0.167. The molecule has 122 valence electrons. The highest BCUT2D eigenvalue weighted by Crippen LogP contribution is 2.13. The maximum atomic E-state index is 12.1. The number of anilines is 1. The van der Waals surface area contributed by atoms with E-state index in [0.29, 0.717) is 6.54 Å². The van der Waals surface area contributed by atoms with Gasteiger partial charge in [0, 0.05) is 30.5 Å². The molecule has 2 heterocycles. The topological polar surface area (TPSA) is 71.8 Å². The van der Waals surface area contributed by atoms with Crippen molar-refractivity contribution in [2.75, 3.05) is 5.32 Å². The van der Waals surface area contributed by atoms with E-state index in [1.165, 1.54) is 0 Å². The van der Waals surface area contributed by atoms with E-state index in [-0.39, 0.29) is 12.1 Å². The van der Waals surface area contributed by atoms with Crippen LogP contribution < -0.4 is 10.6 Å². The normalized spacial score (nSPS) is 11.7. The number of pyridine rings is 1. The first-order valence-electron chi connectivity index (χ1n) is 7.74. The number of benzene rings is 1. The molecule has 0 saturated carbocycles. The number of carbonyl (C=O) groups excluding carboxylic acids is 1. The van der Waals surface area contributed by atoms with Crippen molar-refractivity contribution < 1.29 is 4.79 Å². The minimum Gasteiger partial charge on any atom is -0.331 e. The Balaban J connectivity index is 1.54. The van der Waals surface area contributed by atoms with E-state index < -0.39 is 0 Å². The Labute approximate surface area is 140 Å². The average molecular weight is 321 g/mol. The Morgan fingerprint density at radius 1 is 1.17 bits per heavy atom. The highest BCUT2D eigenvalue weighted by atomic mass is 16.2. The quantitative estimate of drug-likeness (QED) is 0.758. The van der Waals surface area contributed by atoms with Gasteiger partial charge in [-0.05, 0) is 42.3 Å². The molecule has 3 aromatic rings. The minimum atomic E-state index is -0.244. The van der Waals surface area contributed by atoms with E-state index >= 15 is 0 Å². The van der Waals surface area contributed by atoms with Crippen LogP contribution in [0.25, 0.3) is 0 Å². The van der Waals surface area contributed by atoms with Gasteiger partial charge in [0.2, 0.25) is 0 Å². The molecule has 0 aliphatic rings. The summed E-state index contributed by atoms with van der Waals surface area (Å²) in [6, 6.07) is 13.0. The third kappa shape index (κ3) is 4.19. The van der Waals surface area contributed by atoms with Gasteiger partial charge in [0.1, 0.15) is 0 Å². The van der Waals surface area contributed by atoms with Crippen LogP contribution in [-0.4, -0.2) is 20.8 Å². The van der Waals surface area contributed by atoms with Crippen molar-refractivity contribution in [2.24, 2.45) is 0 Å². The summed E-state index contributed by atoms with van der Waals surface area (Å²) < 4.78 is 1.85. The Morgan fingerprint density at radius 3 is 2.67 bits per heavy atom. The molecule has 2 amide bonds. The van der Waals surface area contributed by atoms with Crippen LogP contribution >= 0.6 is 0 Å². The lowest BCUT2D eigenvalue weighted by Gasteiger charge is -2.14. The molecule has 0 aliphatic carbocycles. The number of hydrogen-bond acceptors (Lipinski definition) is 3. The van der Waals surface area contributed by atoms with Crippen LogP contribution in [0.5, 0.6) is 0 Å². The zero-order chi connectivity index (χ0) is 16.8. The molecule has 3 rings (SSSR count). The van der Waals surface area contributed by atoms with Crippen LogP contribution in [0.15, 0.2) is 67.3 Å². The zero-order valence-corrected chi connectivity index (χ0v) is 13.4. The summed E-state index contributed by atoms with van der Waals surface area (Å²) in [5, 5.41) is 9.90. The van der Waals surface area contributed by atoms with Crippen molar-refractivity contribution in [2.45, 2.75) is 19.5 Å². The van der Waals surface area contributed by atoms with Crippen molar-refractivity contribution in [3.8, 4) is 0 Å². The molecule has 0 bridgehead atoms. The zero-order valence-electron chi connectivity index (χ0n) is 13.4. The molecule has 1 aromatic carbocycles. The van der Waals surface area contributed by atoms with Crippen molar-refractivity contribution in [1.82, 2.24) is 20.1 Å². The Kier molecular flexibility index (Phi) is 4.86. The minimum absolute atomic E-state index is 0.113. The summed E-state index contributed by atoms with van der Waals surface area (Å²) >= 11 is 0. The van der Waals surface area contributed by atoms with E-state index in [0.717, 1.165) is 16.8 Å². The van der Waals surface area contributed by atoms with E-state index in [1.807, 2.05) is 60.3 Å². The number of nitrogens with zero attached hydrogens (tertiary/aromatic N) is 3. The van der Waals surface area contributed by atoms with Gasteiger partial charge in [-0.25, -0.2) is 4.79 Å². The molecule has 2 aromatic heterocycles. The van der Waals surface area contributed by atoms with Crippen LogP contribution in [0.3, 0.4) is 0 Å². The number of amides is 2. The molecule has 6 nitrogen and oxygen atoms in total. The van der Waals surface area contributed by atoms with Gasteiger partial charge < -0.3 is 10.6 Å². The fourth-order valence-corrected chi connectivity index (χ4v) is 2.35. The van der Waals surface area contributed by atoms with Crippen LogP contribution in [-0.2, 0) is 6.54 Å². The fourth-order valence-electron chi connectivity index (χ4n) is 2.35. The molecule has 0 aliphatic heterocycles. The molecule has 6 heteroatoms. The van der Waals surface area contributed by atoms with Gasteiger partial charge in [-0.15, -0.1) is 0 Å². The number of rotatable bonds is 5. The van der Waals surface area contributed by atoms with Gasteiger partial charge in [-0.3, -0.25) is 9.67 Å². The second-order valence-electron chi connectivity index (χ2n) is 5.51. The predicted octanol–water partition coefficient (Wildman–Crippen LogP) is 3.21. The molecule has 24 heavy (non-hydrogen) atoms. The smallest absolute Gasteiger partial charge is 0.319 e. The van der Waals surface area contributed by atoms with Crippen LogP contribution in [0.2, 0.25) is 0 Å². The third-order valence-corrected chi connectivity index (χ3v) is 3.65. The molecular weight excluding hydrogens is 302 g/mol. The van der Waals surface area contributed by atoms with Crippen molar-refractivity contribution >= 4 is 11.7 Å². The number of nitrogens with one attached hydrogen (secondary N) is 2. The Bertz CT molecular complexity index is 769. The number of hydrogen-bond donors (Lipinski definition) is 2. The third-order valence-electron chi connectivity index (χ3n) is 3.65. The average Bonchev–Trinajstić information content (AvgIpc) is 3.10. The van der Waals surface area contributed by atoms with Gasteiger partial charge in [0.05, 0.1) is 12.6 Å². The van der Waals surface area contributed by atoms with E-state index in [4.69, 9.17) is 0 Å². The molecule has 2 N–H and O–H groups in total. The summed E-state index contributed by atoms with van der Waals surface area (Å²) in [6.45, 7) is 2.63. The van der Waals surface area contributed by atoms with Crippen LogP contribution in [0, 0.1) is 0 Å². The largest absolute Gasteiger partial charge is 0.331 e. The maximum Gasteiger partial charge on any atom is 0.319 e. The van der Waals surface area contributed by atoms with Crippen molar-refractivity contribution in [3.63, 3.8) is 0 Å². The van der Waals surface area contributed by atoms with Crippen molar-refractivity contribution in [3.05, 3.63) is 78.4 Å². The summed E-state index contributed by atoms with van der Waals surface area (Å²) in [6.07, 6.45) is 7.12. The molecule has 1 atom stereocenters. The first kappa shape index (κ1) is 15.7. The number of aromatic nitrogens is 3. The lowest BCUT2D eigenvalue weighted by molar-refractivity contribution is 0.249. The van der Waals surface area contributed by atoms with Gasteiger partial charge in [-0.1, -0.05) is 18.2 Å². The highest BCUT2D eigenvalue weighted by Gasteiger charge is 2.09. The first-order chi connectivity index (χ1) is 11.7. The van der Waals surface area contributed by atoms with Gasteiger partial charge in [0.25, 0.3) is 0 Å². The maximum absolute atomic E-state index is 12.1. The summed E-state index contributed by atoms with van der Waals surface area (Å²) in [5.74, 6) is 0. The number of carbonyl (C=O) groups is 1. The number of urea groups is 1. The molecular formula is C18H19N5O. The van der Waals surface area contributed by atoms with Gasteiger partial charge >= 0.3 is 6.03 Å². The molecule has 0 unspecified atom stereocenters. The summed E-state index contributed by atoms with van der Waals surface area (Å²) in [4.78, 5) is 16.1. The van der Waals surface area contributed by atoms with E-state index in [9.17, 15) is 4.79 Å². The first-order valence-corrected chi connectivity index (χ1v) is 7.74. The van der Waals surface area contributed by atoms with Crippen LogP contribution in [0.1, 0.15) is 24.1 Å². The Morgan fingerprint density at radius 2 is 2.00 bits per heavy atom. The lowest BCUT2D eigenvalue weighted by Crippen LogP contribution is -2.31. The molecule has 0 saturated heterocycles. The molecule has 0 radical (unpaired) electrons. The van der Waals surface area contributed by atoms with E-state index in [2.05, 4.69) is 20.7 Å². The molecule has 0 spiro atoms. The van der Waals surface area contributed by atoms with Crippen LogP contribution in [0.4, 0.5) is 10.5 Å². The highest BCUT2D eigenvalue weighted by molar-refractivity contribution is 5.89. The van der Waals surface area contributed by atoms with E-state index in [1.54, 1.807) is 18.6 Å².